The second-order valence-corrected chi connectivity index (χ2v) is 8.62. The number of hydrogen-bond acceptors (Lipinski definition) is 11. The van der Waals surface area contributed by atoms with Gasteiger partial charge in [-0.2, -0.15) is 0 Å². The highest BCUT2D eigenvalue weighted by molar-refractivity contribution is 7.45. The largest absolute Gasteiger partial charge is 0.420 e. The normalized spacial score (nSPS) is 11.2. The average molecular weight is 497 g/mol. The van der Waals surface area contributed by atoms with Crippen molar-refractivity contribution in [3.05, 3.63) is 76.9 Å². The number of nitro benzene ring substituents is 4. The van der Waals surface area contributed by atoms with Gasteiger partial charge in [0.25, 0.3) is 11.4 Å². The molecule has 0 spiro atoms. The van der Waals surface area contributed by atoms with Gasteiger partial charge in [0.15, 0.2) is 0 Å². The van der Waals surface area contributed by atoms with Gasteiger partial charge in [-0.05, 0) is 39.8 Å². The lowest BCUT2D eigenvalue weighted by Gasteiger charge is -2.34. The first-order valence-electron chi connectivity index (χ1n) is 9.63. The summed E-state index contributed by atoms with van der Waals surface area (Å²) in [6, 6.07) is 5.04. The van der Waals surface area contributed by atoms with Gasteiger partial charge in [-0.3, -0.25) is 40.5 Å². The molecule has 0 heterocycles. The molecule has 0 saturated carbocycles. The van der Waals surface area contributed by atoms with E-state index in [1.807, 2.05) is 0 Å². The number of nitrogens with zero attached hydrogens (tertiary/aromatic N) is 5. The molecule has 0 saturated heterocycles. The molecule has 0 fully saturated rings. The van der Waals surface area contributed by atoms with Crippen molar-refractivity contribution in [3.8, 4) is 11.5 Å². The molecular weight excluding hydrogens is 477 g/mol. The molecule has 182 valence electrons. The van der Waals surface area contributed by atoms with Crippen LogP contribution >= 0.6 is 8.53 Å². The topological polar surface area (TPSA) is 194 Å². The zero-order chi connectivity index (χ0) is 25.7. The Hall–Kier alpha value is -3.97. The first-order chi connectivity index (χ1) is 15.8. The van der Waals surface area contributed by atoms with Crippen LogP contribution in [-0.4, -0.2) is 36.4 Å². The molecule has 2 aromatic carbocycles. The van der Waals surface area contributed by atoms with Crippen molar-refractivity contribution < 1.29 is 28.7 Å². The summed E-state index contributed by atoms with van der Waals surface area (Å²) in [5, 5.41) is 45.1. The maximum atomic E-state index is 11.5. The van der Waals surface area contributed by atoms with E-state index in [1.54, 1.807) is 32.4 Å². The first-order valence-corrected chi connectivity index (χ1v) is 10.8. The number of non-ortho nitro benzene ring substituents is 2. The van der Waals surface area contributed by atoms with Gasteiger partial charge in [0.1, 0.15) is 0 Å². The van der Waals surface area contributed by atoms with Crippen LogP contribution in [0.25, 0.3) is 0 Å². The number of hydrogen-bond donors (Lipinski definition) is 0. The van der Waals surface area contributed by atoms with Crippen LogP contribution in [0.2, 0.25) is 0 Å². The Morgan fingerprint density at radius 1 is 0.676 bits per heavy atom. The van der Waals surface area contributed by atoms with Gasteiger partial charge in [-0.1, -0.05) is 0 Å². The molecule has 2 rings (SSSR count). The van der Waals surface area contributed by atoms with Crippen molar-refractivity contribution in [3.63, 3.8) is 0 Å². The van der Waals surface area contributed by atoms with E-state index in [1.165, 1.54) is 0 Å². The number of nitro groups is 4. The fraction of sp³-hybridized carbons (Fsp3) is 0.333. The van der Waals surface area contributed by atoms with Crippen LogP contribution in [-0.2, 0) is 0 Å². The molecule has 16 heteroatoms. The van der Waals surface area contributed by atoms with Crippen molar-refractivity contribution in [2.45, 2.75) is 39.8 Å². The predicted molar refractivity (Wildman–Crippen MR) is 120 cm³/mol. The van der Waals surface area contributed by atoms with E-state index in [-0.39, 0.29) is 23.6 Å². The van der Waals surface area contributed by atoms with Gasteiger partial charge in [0, 0.05) is 24.2 Å². The molecule has 0 aromatic heterocycles. The van der Waals surface area contributed by atoms with Crippen molar-refractivity contribution in [1.29, 1.82) is 0 Å². The van der Waals surface area contributed by atoms with Crippen molar-refractivity contribution >= 4 is 31.3 Å². The Morgan fingerprint density at radius 2 is 1.03 bits per heavy atom. The smallest absolute Gasteiger partial charge is 0.385 e. The Bertz CT molecular complexity index is 1040. The summed E-state index contributed by atoms with van der Waals surface area (Å²) in [5.41, 5.74) is -2.45. The van der Waals surface area contributed by atoms with Crippen molar-refractivity contribution in [1.82, 2.24) is 4.67 Å². The molecule has 15 nitrogen and oxygen atoms in total. The number of rotatable bonds is 11. The first kappa shape index (κ1) is 26.3. The highest BCUT2D eigenvalue weighted by atomic mass is 31.2. The third-order valence-electron chi connectivity index (χ3n) is 4.30. The minimum atomic E-state index is -2.30. The fourth-order valence-electron chi connectivity index (χ4n) is 2.93. The Labute approximate surface area is 193 Å². The van der Waals surface area contributed by atoms with Gasteiger partial charge < -0.3 is 9.05 Å². The lowest BCUT2D eigenvalue weighted by molar-refractivity contribution is -0.394. The molecule has 2 aromatic rings. The van der Waals surface area contributed by atoms with Crippen LogP contribution in [0.4, 0.5) is 22.7 Å². The molecule has 0 atom stereocenters. The summed E-state index contributed by atoms with van der Waals surface area (Å²) in [4.78, 5) is 41.7. The summed E-state index contributed by atoms with van der Waals surface area (Å²) in [6.45, 7) is 7.10. The summed E-state index contributed by atoms with van der Waals surface area (Å²) in [6.07, 6.45) is 0. The van der Waals surface area contributed by atoms with E-state index >= 15 is 0 Å². The van der Waals surface area contributed by atoms with Crippen molar-refractivity contribution in [2.75, 3.05) is 0 Å². The van der Waals surface area contributed by atoms with Gasteiger partial charge in [0.05, 0.1) is 31.8 Å². The fourth-order valence-corrected chi connectivity index (χ4v) is 4.56. The second-order valence-electron chi connectivity index (χ2n) is 7.32. The van der Waals surface area contributed by atoms with Crippen LogP contribution in [0.5, 0.6) is 11.5 Å². The van der Waals surface area contributed by atoms with Gasteiger partial charge in [-0.25, -0.2) is 4.67 Å². The molecule has 0 unspecified atom stereocenters. The molecule has 34 heavy (non-hydrogen) atoms. The quantitative estimate of drug-likeness (QED) is 0.227. The van der Waals surface area contributed by atoms with E-state index in [2.05, 4.69) is 0 Å². The molecule has 0 aliphatic rings. The van der Waals surface area contributed by atoms with E-state index in [4.69, 9.17) is 9.05 Å². The van der Waals surface area contributed by atoms with E-state index < -0.39 is 51.0 Å². The second kappa shape index (κ2) is 10.8. The molecule has 0 N–H and O–H groups in total. The Morgan fingerprint density at radius 3 is 1.29 bits per heavy atom. The monoisotopic (exact) mass is 497 g/mol. The minimum absolute atomic E-state index is 0.264. The molecule has 0 aliphatic heterocycles. The van der Waals surface area contributed by atoms with Crippen LogP contribution in [0, 0.1) is 40.5 Å². The summed E-state index contributed by atoms with van der Waals surface area (Å²) in [5.74, 6) is -0.699. The van der Waals surface area contributed by atoms with Crippen molar-refractivity contribution in [2.24, 2.45) is 0 Å². The van der Waals surface area contributed by atoms with Gasteiger partial charge in [-0.15, -0.1) is 0 Å². The maximum absolute atomic E-state index is 11.5. The highest BCUT2D eigenvalue weighted by Crippen LogP contribution is 2.50. The van der Waals surface area contributed by atoms with Crippen LogP contribution in [0.15, 0.2) is 36.4 Å². The lowest BCUT2D eigenvalue weighted by atomic mass is 10.2. The maximum Gasteiger partial charge on any atom is 0.385 e. The Kier molecular flexibility index (Phi) is 8.32. The summed E-state index contributed by atoms with van der Waals surface area (Å²) < 4.78 is 13.2. The molecular formula is C18H20N5O10P. The van der Waals surface area contributed by atoms with E-state index in [9.17, 15) is 40.5 Å². The van der Waals surface area contributed by atoms with Gasteiger partial charge >= 0.3 is 19.9 Å². The predicted octanol–water partition coefficient (Wildman–Crippen LogP) is 5.12. The summed E-state index contributed by atoms with van der Waals surface area (Å²) >= 11 is 0. The van der Waals surface area contributed by atoms with E-state index in [0.29, 0.717) is 0 Å². The molecule has 0 radical (unpaired) electrons. The molecule has 0 amide bonds. The third kappa shape index (κ3) is 6.08. The van der Waals surface area contributed by atoms with Crippen LogP contribution < -0.4 is 9.05 Å². The SMILES string of the molecule is CC(C)N(C(C)C)P(Oc1ccc([N+](=O)[O-])cc1[N+](=O)[O-])Oc1ccc([N+](=O)[O-])cc1[N+](=O)[O-]. The standard InChI is InChI=1S/C18H20N5O10P/c1-11(2)19(12(3)4)34(32-17-7-5-13(20(24)25)9-15(17)22(28)29)33-18-8-6-14(21(26)27)10-16(18)23(30)31/h5-12H,1-4H3. The lowest BCUT2D eigenvalue weighted by Crippen LogP contribution is -2.35. The Balaban J connectivity index is 2.59. The average Bonchev–Trinajstić information content (AvgIpc) is 2.72. The van der Waals surface area contributed by atoms with E-state index in [0.717, 1.165) is 36.4 Å². The third-order valence-corrected chi connectivity index (χ3v) is 6.31. The van der Waals surface area contributed by atoms with Gasteiger partial charge in [0.2, 0.25) is 11.5 Å². The zero-order valence-electron chi connectivity index (χ0n) is 18.4. The number of benzene rings is 2. The van der Waals surface area contributed by atoms with Crippen LogP contribution in [0.3, 0.4) is 0 Å². The molecule has 0 aliphatic carbocycles. The molecule has 0 bridgehead atoms. The van der Waals surface area contributed by atoms with Crippen LogP contribution in [0.1, 0.15) is 27.7 Å². The summed E-state index contributed by atoms with van der Waals surface area (Å²) in [7, 11) is -2.30. The zero-order valence-corrected chi connectivity index (χ0v) is 19.3. The minimum Gasteiger partial charge on any atom is -0.420 e. The highest BCUT2D eigenvalue weighted by Gasteiger charge is 2.35.